The molecule has 7 nitrogen and oxygen atoms in total. The molecule has 0 aromatic heterocycles. The van der Waals surface area contributed by atoms with Crippen molar-refractivity contribution in [2.45, 2.75) is 89.7 Å². The number of rotatable bonds is 11. The first-order valence-electron chi connectivity index (χ1n) is 14.9. The zero-order valence-corrected chi connectivity index (χ0v) is 26.0. The van der Waals surface area contributed by atoms with Crippen molar-refractivity contribution in [2.75, 3.05) is 10.8 Å². The predicted octanol–water partition coefficient (Wildman–Crippen LogP) is 6.06. The van der Waals surface area contributed by atoms with Crippen molar-refractivity contribution in [1.82, 2.24) is 10.2 Å². The number of hydrogen-bond donors (Lipinski definition) is 1. The molecule has 0 unspecified atom stereocenters. The molecule has 1 atom stereocenters. The van der Waals surface area contributed by atoms with Crippen molar-refractivity contribution in [3.63, 3.8) is 0 Å². The Balaban J connectivity index is 1.73. The second-order valence-electron chi connectivity index (χ2n) is 11.3. The molecular weight excluding hydrogens is 546 g/mol. The molecular formula is C34H43N3O4S. The van der Waals surface area contributed by atoms with E-state index in [2.05, 4.69) is 5.32 Å². The quantitative estimate of drug-likeness (QED) is 0.294. The number of carbonyl (C=O) groups excluding carboxylic acids is 2. The summed E-state index contributed by atoms with van der Waals surface area (Å²) in [6.45, 7) is 7.42. The molecule has 3 aromatic carbocycles. The van der Waals surface area contributed by atoms with Crippen molar-refractivity contribution < 1.29 is 18.0 Å². The third kappa shape index (κ3) is 7.40. The summed E-state index contributed by atoms with van der Waals surface area (Å²) in [5.41, 5.74) is 4.07. The van der Waals surface area contributed by atoms with Gasteiger partial charge in [0.15, 0.2) is 0 Å². The highest BCUT2D eigenvalue weighted by atomic mass is 32.2. The normalized spacial score (nSPS) is 14.7. The molecule has 0 spiro atoms. The van der Waals surface area contributed by atoms with Crippen molar-refractivity contribution in [2.24, 2.45) is 0 Å². The molecule has 8 heteroatoms. The summed E-state index contributed by atoms with van der Waals surface area (Å²) in [6, 6.07) is 20.8. The van der Waals surface area contributed by atoms with Gasteiger partial charge in [-0.25, -0.2) is 8.42 Å². The molecule has 0 saturated heterocycles. The van der Waals surface area contributed by atoms with Gasteiger partial charge in [-0.1, -0.05) is 86.3 Å². The van der Waals surface area contributed by atoms with Gasteiger partial charge in [0.2, 0.25) is 11.8 Å². The monoisotopic (exact) mass is 589 g/mol. The standard InChI is InChI=1S/C34H43N3O4S/c1-5-31(34(39)35-29-17-8-6-9-18-29)36(23-28-16-12-14-25(2)22-28)33(38)24-37(32-21-13-15-26(3)27(32)4)42(40,41)30-19-10-7-11-20-30/h7,10-16,19-22,29,31H,5-6,8-9,17-18,23-24H2,1-4H3,(H,35,39)/t31-/m1/s1. The van der Waals surface area contributed by atoms with Gasteiger partial charge in [0.25, 0.3) is 10.0 Å². The number of amides is 2. The maximum Gasteiger partial charge on any atom is 0.264 e. The summed E-state index contributed by atoms with van der Waals surface area (Å²) < 4.78 is 29.3. The minimum Gasteiger partial charge on any atom is -0.352 e. The molecule has 1 saturated carbocycles. The second-order valence-corrected chi connectivity index (χ2v) is 13.2. The van der Waals surface area contributed by atoms with E-state index in [1.807, 2.05) is 58.0 Å². The summed E-state index contributed by atoms with van der Waals surface area (Å²) in [7, 11) is -4.09. The van der Waals surface area contributed by atoms with E-state index >= 15 is 0 Å². The molecule has 2 amide bonds. The number of carbonyl (C=O) groups is 2. The van der Waals surface area contributed by atoms with Gasteiger partial charge >= 0.3 is 0 Å². The Morgan fingerprint density at radius 3 is 2.26 bits per heavy atom. The molecule has 42 heavy (non-hydrogen) atoms. The first-order valence-corrected chi connectivity index (χ1v) is 16.3. The Labute approximate surface area is 251 Å². The van der Waals surface area contributed by atoms with E-state index in [1.165, 1.54) is 22.9 Å². The van der Waals surface area contributed by atoms with Gasteiger partial charge in [-0.3, -0.25) is 13.9 Å². The molecule has 1 aliphatic rings. The zero-order chi connectivity index (χ0) is 30.3. The minimum absolute atomic E-state index is 0.0983. The van der Waals surface area contributed by atoms with Gasteiger partial charge < -0.3 is 10.2 Å². The van der Waals surface area contributed by atoms with Crippen LogP contribution in [0.4, 0.5) is 5.69 Å². The van der Waals surface area contributed by atoms with Gasteiger partial charge in [-0.05, 0) is 74.9 Å². The summed E-state index contributed by atoms with van der Waals surface area (Å²) in [4.78, 5) is 29.7. The minimum atomic E-state index is -4.09. The fourth-order valence-corrected chi connectivity index (χ4v) is 7.20. The number of benzene rings is 3. The van der Waals surface area contributed by atoms with Crippen LogP contribution in [0.25, 0.3) is 0 Å². The maximum atomic E-state index is 14.3. The van der Waals surface area contributed by atoms with Crippen LogP contribution in [-0.4, -0.2) is 43.8 Å². The molecule has 3 aromatic rings. The zero-order valence-electron chi connectivity index (χ0n) is 25.2. The van der Waals surface area contributed by atoms with Crippen LogP contribution in [0, 0.1) is 20.8 Å². The lowest BCUT2D eigenvalue weighted by molar-refractivity contribution is -0.140. The number of nitrogens with zero attached hydrogens (tertiary/aromatic N) is 2. The van der Waals surface area contributed by atoms with Gasteiger partial charge in [-0.2, -0.15) is 0 Å². The Morgan fingerprint density at radius 1 is 0.905 bits per heavy atom. The van der Waals surface area contributed by atoms with Crippen LogP contribution in [0.1, 0.15) is 67.7 Å². The van der Waals surface area contributed by atoms with Crippen LogP contribution in [0.5, 0.6) is 0 Å². The SMILES string of the molecule is CC[C@H](C(=O)NC1CCCCC1)N(Cc1cccc(C)c1)C(=O)CN(c1cccc(C)c1C)S(=O)(=O)c1ccccc1. The molecule has 1 aliphatic carbocycles. The summed E-state index contributed by atoms with van der Waals surface area (Å²) in [5, 5.41) is 3.20. The number of hydrogen-bond acceptors (Lipinski definition) is 4. The highest BCUT2D eigenvalue weighted by molar-refractivity contribution is 7.92. The van der Waals surface area contributed by atoms with Crippen LogP contribution in [0.3, 0.4) is 0 Å². The van der Waals surface area contributed by atoms with Gasteiger partial charge in [0.1, 0.15) is 12.6 Å². The van der Waals surface area contributed by atoms with Crippen LogP contribution in [-0.2, 0) is 26.2 Å². The number of anilines is 1. The van der Waals surface area contributed by atoms with Crippen molar-refractivity contribution in [3.8, 4) is 0 Å². The van der Waals surface area contributed by atoms with Crippen molar-refractivity contribution >= 4 is 27.5 Å². The van der Waals surface area contributed by atoms with Crippen LogP contribution >= 0.6 is 0 Å². The lowest BCUT2D eigenvalue weighted by atomic mass is 9.95. The van der Waals surface area contributed by atoms with Gasteiger partial charge in [0.05, 0.1) is 10.6 Å². The summed E-state index contributed by atoms with van der Waals surface area (Å²) >= 11 is 0. The van der Waals surface area contributed by atoms with Crippen LogP contribution in [0.15, 0.2) is 77.7 Å². The summed E-state index contributed by atoms with van der Waals surface area (Å²) in [5.74, 6) is -0.614. The second kappa shape index (κ2) is 14.0. The largest absolute Gasteiger partial charge is 0.352 e. The fourth-order valence-electron chi connectivity index (χ4n) is 5.71. The molecule has 224 valence electrons. The molecule has 0 heterocycles. The van der Waals surface area contributed by atoms with E-state index in [1.54, 1.807) is 35.2 Å². The van der Waals surface area contributed by atoms with E-state index in [4.69, 9.17) is 0 Å². The van der Waals surface area contributed by atoms with Crippen molar-refractivity contribution in [3.05, 3.63) is 95.1 Å². The third-order valence-electron chi connectivity index (χ3n) is 8.23. The van der Waals surface area contributed by atoms with E-state index < -0.39 is 28.5 Å². The average molecular weight is 590 g/mol. The lowest BCUT2D eigenvalue weighted by Gasteiger charge is -2.35. The van der Waals surface area contributed by atoms with Gasteiger partial charge in [-0.15, -0.1) is 0 Å². The Bertz CT molecular complexity index is 1480. The van der Waals surface area contributed by atoms with Crippen LogP contribution < -0.4 is 9.62 Å². The highest BCUT2D eigenvalue weighted by Crippen LogP contribution is 2.29. The fraction of sp³-hybridized carbons (Fsp3) is 0.412. The average Bonchev–Trinajstić information content (AvgIpc) is 2.98. The van der Waals surface area contributed by atoms with E-state index in [0.717, 1.165) is 47.9 Å². The lowest BCUT2D eigenvalue weighted by Crippen LogP contribution is -2.54. The Kier molecular flexibility index (Phi) is 10.4. The van der Waals surface area contributed by atoms with Gasteiger partial charge in [0, 0.05) is 12.6 Å². The topological polar surface area (TPSA) is 86.8 Å². The Morgan fingerprint density at radius 2 is 1.60 bits per heavy atom. The first-order chi connectivity index (χ1) is 20.1. The third-order valence-corrected chi connectivity index (χ3v) is 10.0. The number of aryl methyl sites for hydroxylation is 2. The smallest absolute Gasteiger partial charge is 0.264 e. The number of sulfonamides is 1. The molecule has 0 radical (unpaired) electrons. The van der Waals surface area contributed by atoms with Crippen molar-refractivity contribution in [1.29, 1.82) is 0 Å². The maximum absolute atomic E-state index is 14.3. The highest BCUT2D eigenvalue weighted by Gasteiger charge is 2.35. The molecule has 1 fully saturated rings. The van der Waals surface area contributed by atoms with Crippen LogP contribution in [0.2, 0.25) is 0 Å². The summed E-state index contributed by atoms with van der Waals surface area (Å²) in [6.07, 6.45) is 5.61. The van der Waals surface area contributed by atoms with E-state index in [-0.39, 0.29) is 23.4 Å². The molecule has 0 aliphatic heterocycles. The predicted molar refractivity (Wildman–Crippen MR) is 168 cm³/mol. The van der Waals surface area contributed by atoms with E-state index in [9.17, 15) is 18.0 Å². The molecule has 0 bridgehead atoms. The first kappa shape index (κ1) is 31.3. The van der Waals surface area contributed by atoms with E-state index in [0.29, 0.717) is 12.1 Å². The molecule has 4 rings (SSSR count). The Hall–Kier alpha value is -3.65. The molecule has 1 N–H and O–H groups in total. The number of nitrogens with one attached hydrogen (secondary N) is 1.